The maximum Gasteiger partial charge on any atom is 0.183 e. The first-order valence-electron chi connectivity index (χ1n) is 3.92. The highest BCUT2D eigenvalue weighted by atomic mass is 32.1. The molecule has 13 heavy (non-hydrogen) atoms. The lowest BCUT2D eigenvalue weighted by Crippen LogP contribution is -1.79. The fourth-order valence-electron chi connectivity index (χ4n) is 1.07. The first-order valence-corrected chi connectivity index (χ1v) is 4.69. The molecule has 68 valence electrons. The van der Waals surface area contributed by atoms with E-state index < -0.39 is 0 Å². The van der Waals surface area contributed by atoms with Gasteiger partial charge in [-0.15, -0.1) is 5.10 Å². The number of rotatable bonds is 1. The van der Waals surface area contributed by atoms with Crippen molar-refractivity contribution in [2.45, 2.75) is 20.8 Å². The van der Waals surface area contributed by atoms with E-state index in [0.29, 0.717) is 0 Å². The van der Waals surface area contributed by atoms with E-state index in [9.17, 15) is 0 Å². The quantitative estimate of drug-likeness (QED) is 0.699. The van der Waals surface area contributed by atoms with Gasteiger partial charge in [0.2, 0.25) is 0 Å². The van der Waals surface area contributed by atoms with Crippen LogP contribution < -0.4 is 0 Å². The van der Waals surface area contributed by atoms with Gasteiger partial charge in [0.15, 0.2) is 5.76 Å². The molecule has 0 N–H and O–H groups in total. The minimum atomic E-state index is 0.796. The molecule has 2 heterocycles. The molecule has 0 aliphatic carbocycles. The minimum absolute atomic E-state index is 0.796. The minimum Gasteiger partial charge on any atom is -0.355 e. The Morgan fingerprint density at radius 3 is 2.38 bits per heavy atom. The molecule has 5 heteroatoms. The highest BCUT2D eigenvalue weighted by Gasteiger charge is 2.15. The molecule has 0 saturated heterocycles. The smallest absolute Gasteiger partial charge is 0.183 e. The molecule has 2 aromatic heterocycles. The molecule has 0 unspecified atom stereocenters. The zero-order chi connectivity index (χ0) is 9.42. The van der Waals surface area contributed by atoms with Gasteiger partial charge in [-0.05, 0) is 32.3 Å². The topological polar surface area (TPSA) is 51.8 Å². The molecule has 0 atom stereocenters. The van der Waals surface area contributed by atoms with Crippen LogP contribution in [0.1, 0.15) is 17.0 Å². The van der Waals surface area contributed by atoms with E-state index in [-0.39, 0.29) is 0 Å². The van der Waals surface area contributed by atoms with Crippen LogP contribution in [0.3, 0.4) is 0 Å². The zero-order valence-electron chi connectivity index (χ0n) is 7.66. The van der Waals surface area contributed by atoms with Gasteiger partial charge in [-0.25, -0.2) is 0 Å². The number of aromatic nitrogens is 3. The van der Waals surface area contributed by atoms with E-state index >= 15 is 0 Å². The fourth-order valence-corrected chi connectivity index (χ4v) is 1.76. The van der Waals surface area contributed by atoms with Crippen molar-refractivity contribution in [2.24, 2.45) is 0 Å². The van der Waals surface area contributed by atoms with Crippen LogP contribution in [0.4, 0.5) is 0 Å². The molecular weight excluding hydrogens is 186 g/mol. The molecule has 2 rings (SSSR count). The predicted molar refractivity (Wildman–Crippen MR) is 49.6 cm³/mol. The lowest BCUT2D eigenvalue weighted by Gasteiger charge is -1.91. The largest absolute Gasteiger partial charge is 0.355 e. The van der Waals surface area contributed by atoms with Gasteiger partial charge in [-0.2, -0.15) is 0 Å². The van der Waals surface area contributed by atoms with Gasteiger partial charge in [0.25, 0.3) is 0 Å². The first kappa shape index (κ1) is 8.37. The summed E-state index contributed by atoms with van der Waals surface area (Å²) in [7, 11) is 0. The van der Waals surface area contributed by atoms with Crippen LogP contribution in [-0.4, -0.2) is 14.7 Å². The lowest BCUT2D eigenvalue weighted by molar-refractivity contribution is 0.427. The van der Waals surface area contributed by atoms with Crippen LogP contribution in [0.5, 0.6) is 0 Å². The lowest BCUT2D eigenvalue weighted by atomic mass is 10.2. The van der Waals surface area contributed by atoms with Gasteiger partial charge in [-0.1, -0.05) is 9.64 Å². The third kappa shape index (κ3) is 1.25. The number of hydrogen-bond donors (Lipinski definition) is 0. The van der Waals surface area contributed by atoms with Crippen molar-refractivity contribution < 1.29 is 4.52 Å². The van der Waals surface area contributed by atoms with E-state index in [2.05, 4.69) is 14.7 Å². The van der Waals surface area contributed by atoms with Crippen LogP contribution in [0, 0.1) is 20.8 Å². The second-order valence-electron chi connectivity index (χ2n) is 2.91. The Morgan fingerprint density at radius 2 is 1.92 bits per heavy atom. The Morgan fingerprint density at radius 1 is 1.15 bits per heavy atom. The standard InChI is InChI=1S/C8H9N3OS/c1-4-5(2)10-12-7(4)8-6(3)9-11-13-8/h1-3H3. The number of hydrogen-bond acceptors (Lipinski definition) is 5. The van der Waals surface area contributed by atoms with E-state index in [1.807, 2.05) is 20.8 Å². The summed E-state index contributed by atoms with van der Waals surface area (Å²) < 4.78 is 9.05. The summed E-state index contributed by atoms with van der Waals surface area (Å²) in [5.41, 5.74) is 2.88. The molecule has 2 aromatic rings. The summed E-state index contributed by atoms with van der Waals surface area (Å²) in [6.07, 6.45) is 0. The van der Waals surface area contributed by atoms with Gasteiger partial charge in [0.1, 0.15) is 4.88 Å². The predicted octanol–water partition coefficient (Wildman–Crippen LogP) is 2.12. The average Bonchev–Trinajstić information content (AvgIpc) is 2.62. The van der Waals surface area contributed by atoms with Gasteiger partial charge in [0.05, 0.1) is 11.4 Å². The van der Waals surface area contributed by atoms with E-state index in [0.717, 1.165) is 27.6 Å². The third-order valence-corrected chi connectivity index (χ3v) is 2.84. The van der Waals surface area contributed by atoms with Crippen molar-refractivity contribution in [1.29, 1.82) is 0 Å². The molecule has 0 amide bonds. The van der Waals surface area contributed by atoms with Gasteiger partial charge >= 0.3 is 0 Å². The Hall–Kier alpha value is -1.23. The molecule has 0 aliphatic rings. The first-order chi connectivity index (χ1) is 6.20. The maximum absolute atomic E-state index is 5.20. The highest BCUT2D eigenvalue weighted by molar-refractivity contribution is 7.09. The molecule has 0 bridgehead atoms. The van der Waals surface area contributed by atoms with Gasteiger partial charge in [-0.3, -0.25) is 0 Å². The second kappa shape index (κ2) is 2.92. The fraction of sp³-hybridized carbons (Fsp3) is 0.375. The molecule has 0 fully saturated rings. The van der Waals surface area contributed by atoms with Crippen molar-refractivity contribution in [3.8, 4) is 10.6 Å². The third-order valence-electron chi connectivity index (χ3n) is 2.01. The molecule has 0 aromatic carbocycles. The van der Waals surface area contributed by atoms with E-state index in [1.165, 1.54) is 11.5 Å². The van der Waals surface area contributed by atoms with Crippen molar-refractivity contribution >= 4 is 11.5 Å². The van der Waals surface area contributed by atoms with E-state index in [1.54, 1.807) is 0 Å². The summed E-state index contributed by atoms with van der Waals surface area (Å²) in [4.78, 5) is 0.970. The average molecular weight is 195 g/mol. The van der Waals surface area contributed by atoms with Crippen LogP contribution >= 0.6 is 11.5 Å². The monoisotopic (exact) mass is 195 g/mol. The Kier molecular flexibility index (Phi) is 1.88. The van der Waals surface area contributed by atoms with Crippen molar-refractivity contribution in [3.05, 3.63) is 17.0 Å². The zero-order valence-corrected chi connectivity index (χ0v) is 8.47. The van der Waals surface area contributed by atoms with Crippen molar-refractivity contribution in [3.63, 3.8) is 0 Å². The summed E-state index contributed by atoms with van der Waals surface area (Å²) in [5.74, 6) is 0.796. The molecule has 4 nitrogen and oxygen atoms in total. The Bertz CT molecular complexity index is 432. The number of aryl methyl sites for hydroxylation is 2. The Labute approximate surface area is 79.7 Å². The number of nitrogens with zero attached hydrogens (tertiary/aromatic N) is 3. The molecule has 0 spiro atoms. The molecule has 0 radical (unpaired) electrons. The SMILES string of the molecule is Cc1nnsc1-c1onc(C)c1C. The van der Waals surface area contributed by atoms with Crippen molar-refractivity contribution in [2.75, 3.05) is 0 Å². The van der Waals surface area contributed by atoms with Gasteiger partial charge in [0, 0.05) is 5.56 Å². The van der Waals surface area contributed by atoms with Crippen LogP contribution in [0.2, 0.25) is 0 Å². The summed E-state index contributed by atoms with van der Waals surface area (Å²) >= 11 is 1.34. The van der Waals surface area contributed by atoms with Crippen LogP contribution in [-0.2, 0) is 0 Å². The molecule has 0 saturated carbocycles. The summed E-state index contributed by atoms with van der Waals surface area (Å²) in [5, 5.41) is 7.81. The van der Waals surface area contributed by atoms with Crippen LogP contribution in [0.25, 0.3) is 10.6 Å². The molecular formula is C8H9N3OS. The van der Waals surface area contributed by atoms with Crippen LogP contribution in [0.15, 0.2) is 4.52 Å². The maximum atomic E-state index is 5.20. The van der Waals surface area contributed by atoms with E-state index in [4.69, 9.17) is 4.52 Å². The molecule has 0 aliphatic heterocycles. The second-order valence-corrected chi connectivity index (χ2v) is 3.66. The Balaban J connectivity index is 2.59. The van der Waals surface area contributed by atoms with Crippen molar-refractivity contribution in [1.82, 2.24) is 14.7 Å². The normalized spacial score (nSPS) is 10.7. The van der Waals surface area contributed by atoms with Gasteiger partial charge < -0.3 is 4.52 Å². The highest BCUT2D eigenvalue weighted by Crippen LogP contribution is 2.29. The summed E-state index contributed by atoms with van der Waals surface area (Å²) in [6, 6.07) is 0. The summed E-state index contributed by atoms with van der Waals surface area (Å²) in [6.45, 7) is 5.82.